The average Bonchev–Trinajstić information content (AvgIpc) is 2.45. The number of anilines is 1. The van der Waals surface area contributed by atoms with E-state index in [2.05, 4.69) is 12.1 Å². The largest absolute Gasteiger partial charge is 0.443 e. The second-order valence-corrected chi connectivity index (χ2v) is 6.77. The fourth-order valence-electron chi connectivity index (χ4n) is 2.56. The van der Waals surface area contributed by atoms with E-state index in [1.165, 1.54) is 0 Å². The first-order valence-electron chi connectivity index (χ1n) is 8.10. The lowest BCUT2D eigenvalue weighted by atomic mass is 10.0. The maximum absolute atomic E-state index is 12.4. The second kappa shape index (κ2) is 7.09. The van der Waals surface area contributed by atoms with E-state index in [4.69, 9.17) is 15.5 Å². The molecule has 0 spiro atoms. The van der Waals surface area contributed by atoms with Gasteiger partial charge in [-0.05, 0) is 71.0 Å². The monoisotopic (exact) mass is 305 g/mol. The van der Waals surface area contributed by atoms with Gasteiger partial charge in [0.15, 0.2) is 0 Å². The second-order valence-electron chi connectivity index (χ2n) is 6.77. The number of pyridine rings is 1. The van der Waals surface area contributed by atoms with E-state index in [1.807, 2.05) is 20.8 Å². The number of hydrogen-bond donors (Lipinski definition) is 1. The minimum atomic E-state index is -0.493. The van der Waals surface area contributed by atoms with Gasteiger partial charge in [0.05, 0.1) is 0 Å². The molecular weight excluding hydrogens is 278 g/mol. The van der Waals surface area contributed by atoms with Crippen LogP contribution in [0.1, 0.15) is 51.3 Å². The number of unbranched alkanes of at least 4 members (excludes halogenated alkanes) is 1. The maximum atomic E-state index is 12.4. The highest BCUT2D eigenvalue weighted by Crippen LogP contribution is 2.27. The van der Waals surface area contributed by atoms with E-state index < -0.39 is 5.60 Å². The third-order valence-corrected chi connectivity index (χ3v) is 3.60. The van der Waals surface area contributed by atoms with E-state index in [1.54, 1.807) is 4.90 Å². The molecule has 1 aliphatic heterocycles. The van der Waals surface area contributed by atoms with Crippen LogP contribution in [0, 0.1) is 0 Å². The van der Waals surface area contributed by atoms with Gasteiger partial charge < -0.3 is 10.5 Å². The Balaban J connectivity index is 2.16. The summed E-state index contributed by atoms with van der Waals surface area (Å²) in [4.78, 5) is 18.8. The van der Waals surface area contributed by atoms with Crippen LogP contribution < -0.4 is 10.6 Å². The van der Waals surface area contributed by atoms with Gasteiger partial charge in [-0.2, -0.15) is 0 Å². The molecule has 0 aromatic carbocycles. The molecule has 0 atom stereocenters. The van der Waals surface area contributed by atoms with Crippen LogP contribution in [0.25, 0.3) is 0 Å². The van der Waals surface area contributed by atoms with Crippen molar-refractivity contribution >= 4 is 11.9 Å². The molecule has 22 heavy (non-hydrogen) atoms. The maximum Gasteiger partial charge on any atom is 0.416 e. The Labute approximate surface area is 132 Å². The van der Waals surface area contributed by atoms with Gasteiger partial charge in [0.1, 0.15) is 11.4 Å². The first kappa shape index (κ1) is 16.7. The van der Waals surface area contributed by atoms with Gasteiger partial charge in [-0.15, -0.1) is 0 Å². The van der Waals surface area contributed by atoms with Crippen molar-refractivity contribution in [3.8, 4) is 0 Å². The summed E-state index contributed by atoms with van der Waals surface area (Å²) < 4.78 is 5.50. The number of aromatic nitrogens is 1. The van der Waals surface area contributed by atoms with Crippen molar-refractivity contribution in [1.82, 2.24) is 4.98 Å². The number of fused-ring (bicyclic) bond motifs is 1. The summed E-state index contributed by atoms with van der Waals surface area (Å²) in [6, 6.07) is 4.16. The number of aryl methyl sites for hydroxylation is 2. The molecule has 0 saturated carbocycles. The molecule has 2 rings (SSSR count). The Kier molecular flexibility index (Phi) is 5.40. The Hall–Kier alpha value is -1.62. The lowest BCUT2D eigenvalue weighted by Crippen LogP contribution is -2.40. The molecule has 0 aliphatic carbocycles. The lowest BCUT2D eigenvalue weighted by Gasteiger charge is -2.31. The van der Waals surface area contributed by atoms with Gasteiger partial charge in [0.25, 0.3) is 0 Å². The Bertz CT molecular complexity index is 523. The van der Waals surface area contributed by atoms with Gasteiger partial charge in [-0.3, -0.25) is 4.90 Å². The average molecular weight is 305 g/mol. The number of nitrogens with zero attached hydrogens (tertiary/aromatic N) is 2. The number of hydrogen-bond acceptors (Lipinski definition) is 4. The van der Waals surface area contributed by atoms with Crippen molar-refractivity contribution in [1.29, 1.82) is 0 Å². The van der Waals surface area contributed by atoms with Crippen molar-refractivity contribution in [3.05, 3.63) is 23.4 Å². The highest BCUT2D eigenvalue weighted by Gasteiger charge is 2.28. The molecule has 1 aromatic heterocycles. The Morgan fingerprint density at radius 3 is 2.82 bits per heavy atom. The van der Waals surface area contributed by atoms with E-state index in [0.717, 1.165) is 49.2 Å². The fraction of sp³-hybridized carbons (Fsp3) is 0.647. The zero-order valence-electron chi connectivity index (χ0n) is 13.9. The fourth-order valence-corrected chi connectivity index (χ4v) is 2.56. The van der Waals surface area contributed by atoms with Crippen molar-refractivity contribution in [2.24, 2.45) is 5.73 Å². The number of nitrogens with two attached hydrogens (primary N) is 1. The Morgan fingerprint density at radius 2 is 2.14 bits per heavy atom. The molecule has 1 aliphatic rings. The van der Waals surface area contributed by atoms with Crippen LogP contribution in [0.15, 0.2) is 12.1 Å². The topological polar surface area (TPSA) is 68.5 Å². The molecule has 1 amide bonds. The number of ether oxygens (including phenoxy) is 1. The van der Waals surface area contributed by atoms with Gasteiger partial charge in [0, 0.05) is 12.2 Å². The molecule has 0 bridgehead atoms. The molecule has 122 valence electrons. The summed E-state index contributed by atoms with van der Waals surface area (Å²) in [5.41, 5.74) is 7.18. The van der Waals surface area contributed by atoms with E-state index in [9.17, 15) is 4.79 Å². The molecule has 5 nitrogen and oxygen atoms in total. The van der Waals surface area contributed by atoms with Crippen LogP contribution in [0.2, 0.25) is 0 Å². The first-order valence-corrected chi connectivity index (χ1v) is 8.10. The molecular formula is C17H27N3O2. The van der Waals surface area contributed by atoms with E-state index >= 15 is 0 Å². The van der Waals surface area contributed by atoms with Gasteiger partial charge in [-0.25, -0.2) is 9.78 Å². The molecule has 1 aromatic rings. The zero-order chi connectivity index (χ0) is 16.2. The van der Waals surface area contributed by atoms with Crippen LogP contribution in [0.3, 0.4) is 0 Å². The van der Waals surface area contributed by atoms with Gasteiger partial charge in [0.2, 0.25) is 0 Å². The minimum absolute atomic E-state index is 0.306. The summed E-state index contributed by atoms with van der Waals surface area (Å²) in [5, 5.41) is 0. The third kappa shape index (κ3) is 4.44. The van der Waals surface area contributed by atoms with Crippen LogP contribution in [-0.2, 0) is 17.6 Å². The predicted molar refractivity (Wildman–Crippen MR) is 88.1 cm³/mol. The standard InChI is InChI=1S/C17H27N3O2/c1-17(2,3)22-16(21)20-12-6-7-13-9-10-14(19-15(13)20)8-4-5-11-18/h9-10H,4-8,11-12,18H2,1-3H3. The SMILES string of the molecule is CC(C)(C)OC(=O)N1CCCc2ccc(CCCCN)nc21. The normalized spacial score (nSPS) is 14.6. The molecule has 0 fully saturated rings. The number of amides is 1. The molecule has 0 saturated heterocycles. The van der Waals surface area contributed by atoms with E-state index in [0.29, 0.717) is 13.1 Å². The summed E-state index contributed by atoms with van der Waals surface area (Å²) in [6.45, 7) is 7.02. The summed E-state index contributed by atoms with van der Waals surface area (Å²) >= 11 is 0. The van der Waals surface area contributed by atoms with Crippen molar-refractivity contribution in [3.63, 3.8) is 0 Å². The summed E-state index contributed by atoms with van der Waals surface area (Å²) in [7, 11) is 0. The van der Waals surface area contributed by atoms with E-state index in [-0.39, 0.29) is 6.09 Å². The third-order valence-electron chi connectivity index (χ3n) is 3.60. The first-order chi connectivity index (χ1) is 10.4. The molecule has 5 heteroatoms. The summed E-state index contributed by atoms with van der Waals surface area (Å²) in [6.07, 6.45) is 4.51. The van der Waals surface area contributed by atoms with Crippen LogP contribution >= 0.6 is 0 Å². The van der Waals surface area contributed by atoms with Gasteiger partial charge in [-0.1, -0.05) is 6.07 Å². The smallest absolute Gasteiger partial charge is 0.416 e. The van der Waals surface area contributed by atoms with Gasteiger partial charge >= 0.3 is 6.09 Å². The van der Waals surface area contributed by atoms with Crippen LogP contribution in [0.4, 0.5) is 10.6 Å². The molecule has 0 unspecified atom stereocenters. The highest BCUT2D eigenvalue weighted by atomic mass is 16.6. The van der Waals surface area contributed by atoms with Crippen molar-refractivity contribution in [2.75, 3.05) is 18.0 Å². The molecule has 2 N–H and O–H groups in total. The number of carbonyl (C=O) groups is 1. The predicted octanol–water partition coefficient (Wildman–Crippen LogP) is 3.05. The van der Waals surface area contributed by atoms with Crippen LogP contribution in [0.5, 0.6) is 0 Å². The molecule has 0 radical (unpaired) electrons. The Morgan fingerprint density at radius 1 is 1.36 bits per heavy atom. The van der Waals surface area contributed by atoms with Crippen LogP contribution in [-0.4, -0.2) is 29.8 Å². The quantitative estimate of drug-likeness (QED) is 0.868. The zero-order valence-corrected chi connectivity index (χ0v) is 13.9. The summed E-state index contributed by atoms with van der Waals surface area (Å²) in [5.74, 6) is 0.769. The number of rotatable bonds is 4. The highest BCUT2D eigenvalue weighted by molar-refractivity contribution is 5.88. The van der Waals surface area contributed by atoms with Crippen molar-refractivity contribution in [2.45, 2.75) is 58.5 Å². The number of carbonyl (C=O) groups excluding carboxylic acids is 1. The lowest BCUT2D eigenvalue weighted by molar-refractivity contribution is 0.0576. The van der Waals surface area contributed by atoms with Crippen molar-refractivity contribution < 1.29 is 9.53 Å². The molecule has 2 heterocycles. The minimum Gasteiger partial charge on any atom is -0.443 e.